The summed E-state index contributed by atoms with van der Waals surface area (Å²) in [5.41, 5.74) is 7.65. The Kier molecular flexibility index (Phi) is 11.1. The number of sulfonamides is 1. The van der Waals surface area contributed by atoms with Crippen LogP contribution in [0.3, 0.4) is 0 Å². The van der Waals surface area contributed by atoms with E-state index in [4.69, 9.17) is 21.0 Å². The molecule has 1 fully saturated rings. The summed E-state index contributed by atoms with van der Waals surface area (Å²) in [5.74, 6) is -3.24. The van der Waals surface area contributed by atoms with Crippen LogP contribution in [0.15, 0.2) is 53.4 Å². The lowest BCUT2D eigenvalue weighted by atomic mass is 10.1. The maximum atomic E-state index is 12.6. The van der Waals surface area contributed by atoms with Gasteiger partial charge in [0.25, 0.3) is 5.97 Å². The number of piperazine rings is 1. The number of aryl methyl sites for hydroxylation is 1. The molecule has 7 N–H and O–H groups in total. The van der Waals surface area contributed by atoms with Crippen molar-refractivity contribution in [3.8, 4) is 0 Å². The number of amides is 2. The summed E-state index contributed by atoms with van der Waals surface area (Å²) in [5, 5.41) is 26.7. The lowest BCUT2D eigenvalue weighted by molar-refractivity contribution is -0.139. The van der Waals surface area contributed by atoms with Gasteiger partial charge in [0.05, 0.1) is 18.0 Å². The van der Waals surface area contributed by atoms with Gasteiger partial charge in [0.15, 0.2) is 0 Å². The standard InChI is InChI=1S/C23H28N6O6S.C2H4O2/c1-15-2-8-18(9-3-15)36(34,35)27-19(23(32)33)12-26-20(30)13-29-11-10-28(14-21(29)31)17-6-4-16(5-7-17)22(24)25;1-2(3)4/h2-9,19,27H,10-14H2,1H3,(H3,24,25)(H,26,30)(H,32,33);1H3,(H,3,4)/t19-;/m0./s1. The summed E-state index contributed by atoms with van der Waals surface area (Å²) < 4.78 is 27.1. The molecular formula is C25H32N6O8S. The first-order valence-corrected chi connectivity index (χ1v) is 13.4. The number of aliphatic carboxylic acids is 2. The number of hydrogen-bond acceptors (Lipinski definition) is 8. The predicted octanol–water partition coefficient (Wildman–Crippen LogP) is -0.434. The van der Waals surface area contributed by atoms with Gasteiger partial charge in [0, 0.05) is 37.8 Å². The number of carbonyl (C=O) groups is 4. The van der Waals surface area contributed by atoms with Crippen LogP contribution in [0.4, 0.5) is 5.69 Å². The van der Waals surface area contributed by atoms with Crippen molar-refractivity contribution in [3.63, 3.8) is 0 Å². The van der Waals surface area contributed by atoms with Crippen LogP contribution in [0.2, 0.25) is 0 Å². The fourth-order valence-corrected chi connectivity index (χ4v) is 4.73. The highest BCUT2D eigenvalue weighted by Gasteiger charge is 2.28. The highest BCUT2D eigenvalue weighted by atomic mass is 32.2. The molecule has 0 aliphatic carbocycles. The molecule has 1 heterocycles. The number of nitrogens with one attached hydrogen (secondary N) is 3. The number of rotatable bonds is 10. The highest BCUT2D eigenvalue weighted by Crippen LogP contribution is 2.18. The molecule has 0 saturated carbocycles. The van der Waals surface area contributed by atoms with Crippen molar-refractivity contribution >= 4 is 45.3 Å². The van der Waals surface area contributed by atoms with Crippen molar-refractivity contribution < 1.29 is 37.8 Å². The van der Waals surface area contributed by atoms with Crippen molar-refractivity contribution in [2.45, 2.75) is 24.8 Å². The number of nitrogens with two attached hydrogens (primary N) is 1. The third-order valence-corrected chi connectivity index (χ3v) is 7.11. The number of carboxylic acid groups (broad SMARTS) is 2. The Labute approximate surface area is 231 Å². The molecular weight excluding hydrogens is 544 g/mol. The molecule has 1 atom stereocenters. The van der Waals surface area contributed by atoms with Crippen LogP contribution < -0.4 is 20.7 Å². The molecule has 2 aromatic carbocycles. The second-order valence-corrected chi connectivity index (χ2v) is 10.6. The zero-order valence-corrected chi connectivity index (χ0v) is 22.8. The van der Waals surface area contributed by atoms with Crippen LogP contribution in [-0.4, -0.2) is 91.9 Å². The number of nitrogens with zero attached hydrogens (tertiary/aromatic N) is 2. The third kappa shape index (κ3) is 9.67. The molecule has 0 unspecified atom stereocenters. The van der Waals surface area contributed by atoms with E-state index in [1.165, 1.54) is 17.0 Å². The van der Waals surface area contributed by atoms with Gasteiger partial charge in [0.1, 0.15) is 11.9 Å². The van der Waals surface area contributed by atoms with Crippen LogP contribution in [0.1, 0.15) is 18.1 Å². The van der Waals surface area contributed by atoms with Crippen molar-refractivity contribution in [3.05, 3.63) is 59.7 Å². The SMILES string of the molecule is CC(=O)O.Cc1ccc(S(=O)(=O)N[C@@H](CNC(=O)CN2CCN(c3ccc(C(=N)N)cc3)CC2=O)C(=O)O)cc1. The summed E-state index contributed by atoms with van der Waals surface area (Å²) in [6, 6.07) is 11.2. The fraction of sp³-hybridized carbons (Fsp3) is 0.320. The lowest BCUT2D eigenvalue weighted by Gasteiger charge is -2.35. The Morgan fingerprint density at radius 2 is 1.62 bits per heavy atom. The number of benzene rings is 2. The smallest absolute Gasteiger partial charge is 0.323 e. The van der Waals surface area contributed by atoms with E-state index in [9.17, 15) is 27.9 Å². The Bertz CT molecular complexity index is 1340. The van der Waals surface area contributed by atoms with E-state index in [2.05, 4.69) is 10.0 Å². The van der Waals surface area contributed by atoms with Gasteiger partial charge < -0.3 is 31.1 Å². The average molecular weight is 577 g/mol. The van der Waals surface area contributed by atoms with Gasteiger partial charge in [0.2, 0.25) is 21.8 Å². The van der Waals surface area contributed by atoms with Gasteiger partial charge >= 0.3 is 5.97 Å². The second kappa shape index (κ2) is 14.0. The molecule has 2 amide bonds. The molecule has 0 radical (unpaired) electrons. The number of carboxylic acids is 2. The van der Waals surface area contributed by atoms with Gasteiger partial charge in [-0.2, -0.15) is 4.72 Å². The van der Waals surface area contributed by atoms with Gasteiger partial charge in [-0.1, -0.05) is 17.7 Å². The molecule has 216 valence electrons. The minimum absolute atomic E-state index is 0.0425. The summed E-state index contributed by atoms with van der Waals surface area (Å²) >= 11 is 0. The molecule has 40 heavy (non-hydrogen) atoms. The number of carbonyl (C=O) groups excluding carboxylic acids is 2. The molecule has 1 aliphatic heterocycles. The maximum Gasteiger partial charge on any atom is 0.323 e. The molecule has 1 saturated heterocycles. The molecule has 0 aromatic heterocycles. The van der Waals surface area contributed by atoms with E-state index in [-0.39, 0.29) is 36.3 Å². The second-order valence-electron chi connectivity index (χ2n) is 8.85. The minimum atomic E-state index is -4.12. The van der Waals surface area contributed by atoms with Crippen LogP contribution in [-0.2, 0) is 29.2 Å². The number of nitrogen functional groups attached to an aromatic ring is 1. The zero-order chi connectivity index (χ0) is 30.0. The average Bonchev–Trinajstić information content (AvgIpc) is 2.87. The van der Waals surface area contributed by atoms with E-state index in [0.717, 1.165) is 18.2 Å². The summed E-state index contributed by atoms with van der Waals surface area (Å²) in [6.45, 7) is 2.87. The summed E-state index contributed by atoms with van der Waals surface area (Å²) in [7, 11) is -4.12. The van der Waals surface area contributed by atoms with Crippen LogP contribution in [0.5, 0.6) is 0 Å². The first-order valence-electron chi connectivity index (χ1n) is 11.9. The topological polar surface area (TPSA) is 223 Å². The van der Waals surface area contributed by atoms with Gasteiger partial charge in [-0.15, -0.1) is 0 Å². The molecule has 14 nitrogen and oxygen atoms in total. The monoisotopic (exact) mass is 576 g/mol. The van der Waals surface area contributed by atoms with Crippen LogP contribution >= 0.6 is 0 Å². The van der Waals surface area contributed by atoms with Gasteiger partial charge in [-0.05, 0) is 43.3 Å². The normalized spacial score (nSPS) is 14.0. The molecule has 15 heteroatoms. The van der Waals surface area contributed by atoms with E-state index in [1.54, 1.807) is 43.3 Å². The van der Waals surface area contributed by atoms with E-state index in [0.29, 0.717) is 12.1 Å². The fourth-order valence-electron chi connectivity index (χ4n) is 3.55. The molecule has 3 rings (SSSR count). The minimum Gasteiger partial charge on any atom is -0.481 e. The van der Waals surface area contributed by atoms with Crippen molar-refractivity contribution in [2.75, 3.05) is 37.6 Å². The summed E-state index contributed by atoms with van der Waals surface area (Å²) in [4.78, 5) is 48.6. The Hall–Kier alpha value is -4.50. The van der Waals surface area contributed by atoms with Gasteiger partial charge in [-0.3, -0.25) is 24.6 Å². The van der Waals surface area contributed by atoms with Crippen molar-refractivity contribution in [1.29, 1.82) is 5.41 Å². The zero-order valence-electron chi connectivity index (χ0n) is 22.0. The number of hydrogen-bond donors (Lipinski definition) is 6. The lowest BCUT2D eigenvalue weighted by Crippen LogP contribution is -2.54. The van der Waals surface area contributed by atoms with E-state index < -0.39 is 40.5 Å². The first kappa shape index (κ1) is 31.7. The Balaban J connectivity index is 0.00000131. The quantitative estimate of drug-likeness (QED) is 0.158. The third-order valence-electron chi connectivity index (χ3n) is 5.63. The summed E-state index contributed by atoms with van der Waals surface area (Å²) in [6.07, 6.45) is 0. The van der Waals surface area contributed by atoms with Crippen molar-refractivity contribution in [2.24, 2.45) is 5.73 Å². The predicted molar refractivity (Wildman–Crippen MR) is 145 cm³/mol. The molecule has 0 bridgehead atoms. The van der Waals surface area contributed by atoms with Crippen LogP contribution in [0, 0.1) is 12.3 Å². The van der Waals surface area contributed by atoms with Crippen LogP contribution in [0.25, 0.3) is 0 Å². The molecule has 0 spiro atoms. The Morgan fingerprint density at radius 3 is 2.12 bits per heavy atom. The first-order chi connectivity index (χ1) is 18.7. The van der Waals surface area contributed by atoms with Crippen molar-refractivity contribution in [1.82, 2.24) is 14.9 Å². The number of amidine groups is 1. The number of anilines is 1. The van der Waals surface area contributed by atoms with E-state index >= 15 is 0 Å². The maximum absolute atomic E-state index is 12.6. The highest BCUT2D eigenvalue weighted by molar-refractivity contribution is 7.89. The largest absolute Gasteiger partial charge is 0.481 e. The Morgan fingerprint density at radius 1 is 1.05 bits per heavy atom. The molecule has 2 aromatic rings. The molecule has 1 aliphatic rings. The van der Waals surface area contributed by atoms with Gasteiger partial charge in [-0.25, -0.2) is 8.42 Å². The van der Waals surface area contributed by atoms with E-state index in [1.807, 2.05) is 4.90 Å².